The summed E-state index contributed by atoms with van der Waals surface area (Å²) in [6.45, 7) is 3.80. The number of oxime groups is 1. The number of urea groups is 1. The topological polar surface area (TPSA) is 91.0 Å². The Bertz CT molecular complexity index is 369. The predicted octanol–water partition coefficient (Wildman–Crippen LogP) is 1.88. The number of nitrogens with one attached hydrogen (secondary N) is 1. The molecule has 0 bridgehead atoms. The molecule has 0 unspecified atom stereocenters. The number of rotatable bonds is 2. The lowest BCUT2D eigenvalue weighted by atomic mass is 9.76. The van der Waals surface area contributed by atoms with Crippen LogP contribution in [0.2, 0.25) is 0 Å². The minimum Gasteiger partial charge on any atom is -0.409 e. The van der Waals surface area contributed by atoms with E-state index in [1.165, 1.54) is 6.42 Å². The summed E-state index contributed by atoms with van der Waals surface area (Å²) in [6.07, 6.45) is 6.75. The van der Waals surface area contributed by atoms with E-state index in [0.29, 0.717) is 5.92 Å². The molecule has 2 amide bonds. The number of amides is 2. The van der Waals surface area contributed by atoms with E-state index in [1.807, 2.05) is 4.90 Å². The maximum atomic E-state index is 12.4. The van der Waals surface area contributed by atoms with Crippen molar-refractivity contribution in [1.29, 1.82) is 0 Å². The second-order valence-corrected chi connectivity index (χ2v) is 6.23. The molecule has 2 rings (SSSR count). The van der Waals surface area contributed by atoms with E-state index in [1.54, 1.807) is 0 Å². The second-order valence-electron chi connectivity index (χ2n) is 6.23. The highest BCUT2D eigenvalue weighted by Crippen LogP contribution is 2.32. The Hall–Kier alpha value is -1.46. The van der Waals surface area contributed by atoms with Crippen LogP contribution in [0.4, 0.5) is 4.79 Å². The van der Waals surface area contributed by atoms with Crippen molar-refractivity contribution in [2.75, 3.05) is 13.1 Å². The van der Waals surface area contributed by atoms with Crippen LogP contribution in [0.15, 0.2) is 5.16 Å². The Morgan fingerprint density at radius 1 is 1.30 bits per heavy atom. The van der Waals surface area contributed by atoms with Gasteiger partial charge in [-0.1, -0.05) is 12.1 Å². The molecule has 1 saturated carbocycles. The van der Waals surface area contributed by atoms with Crippen molar-refractivity contribution in [3.05, 3.63) is 0 Å². The maximum Gasteiger partial charge on any atom is 0.318 e. The summed E-state index contributed by atoms with van der Waals surface area (Å²) in [4.78, 5) is 14.2. The van der Waals surface area contributed by atoms with Crippen LogP contribution in [0.25, 0.3) is 0 Å². The third kappa shape index (κ3) is 3.16. The van der Waals surface area contributed by atoms with E-state index >= 15 is 0 Å². The van der Waals surface area contributed by atoms with Crippen LogP contribution >= 0.6 is 0 Å². The molecule has 4 N–H and O–H groups in total. The highest BCUT2D eigenvalue weighted by molar-refractivity contribution is 5.93. The normalized spacial score (nSPS) is 31.9. The number of amidine groups is 1. The van der Waals surface area contributed by atoms with Crippen molar-refractivity contribution in [1.82, 2.24) is 10.2 Å². The van der Waals surface area contributed by atoms with Gasteiger partial charge < -0.3 is 21.2 Å². The quantitative estimate of drug-likeness (QED) is 0.312. The van der Waals surface area contributed by atoms with Crippen LogP contribution in [0.1, 0.15) is 51.9 Å². The molecule has 0 aromatic rings. The largest absolute Gasteiger partial charge is 0.409 e. The smallest absolute Gasteiger partial charge is 0.318 e. The zero-order valence-electron chi connectivity index (χ0n) is 12.3. The van der Waals surface area contributed by atoms with Gasteiger partial charge in [0.25, 0.3) is 0 Å². The fourth-order valence-electron chi connectivity index (χ4n) is 3.18. The summed E-state index contributed by atoms with van der Waals surface area (Å²) in [6, 6.07) is -0.0779. The molecule has 2 aliphatic rings. The number of piperidine rings is 1. The van der Waals surface area contributed by atoms with Crippen molar-refractivity contribution in [2.45, 2.75) is 57.4 Å². The molecule has 1 saturated heterocycles. The number of hydrogen-bond donors (Lipinski definition) is 3. The Morgan fingerprint density at radius 3 is 2.45 bits per heavy atom. The van der Waals surface area contributed by atoms with Crippen molar-refractivity contribution in [3.8, 4) is 0 Å². The molecule has 6 heteroatoms. The van der Waals surface area contributed by atoms with Crippen molar-refractivity contribution in [2.24, 2.45) is 16.8 Å². The van der Waals surface area contributed by atoms with E-state index in [-0.39, 0.29) is 11.9 Å². The lowest BCUT2D eigenvalue weighted by molar-refractivity contribution is 0.167. The molecular weight excluding hydrogens is 256 g/mol. The van der Waals surface area contributed by atoms with Gasteiger partial charge in [0.2, 0.25) is 0 Å². The van der Waals surface area contributed by atoms with Crippen LogP contribution in [-0.2, 0) is 0 Å². The lowest BCUT2D eigenvalue weighted by Crippen LogP contribution is -2.61. The average molecular weight is 282 g/mol. The first-order chi connectivity index (χ1) is 9.57. The molecule has 2 fully saturated rings. The standard InChI is InChI=1S/C14H26N4O2/c1-11-5-7-14(8-6-11,12(15)17-20)16-13(19)18-9-3-2-4-10-18/h11,20H,2-10H2,1H3,(H2,15,17)(H,16,19). The zero-order valence-corrected chi connectivity index (χ0v) is 12.3. The third-order valence-electron chi connectivity index (χ3n) is 4.72. The van der Waals surface area contributed by atoms with Crippen molar-refractivity contribution in [3.63, 3.8) is 0 Å². The molecule has 114 valence electrons. The Kier molecular flexibility index (Phi) is 4.73. The van der Waals surface area contributed by atoms with Gasteiger partial charge in [0.05, 0.1) is 0 Å². The fraction of sp³-hybridized carbons (Fsp3) is 0.857. The third-order valence-corrected chi connectivity index (χ3v) is 4.72. The Labute approximate surface area is 120 Å². The van der Waals surface area contributed by atoms with Gasteiger partial charge in [-0.2, -0.15) is 0 Å². The molecule has 1 heterocycles. The molecule has 0 spiro atoms. The summed E-state index contributed by atoms with van der Waals surface area (Å²) < 4.78 is 0. The number of hydrogen-bond acceptors (Lipinski definition) is 3. The molecule has 6 nitrogen and oxygen atoms in total. The van der Waals surface area contributed by atoms with Crippen LogP contribution in [-0.4, -0.2) is 40.6 Å². The molecule has 0 aromatic heterocycles. The van der Waals surface area contributed by atoms with E-state index < -0.39 is 5.54 Å². The van der Waals surface area contributed by atoms with E-state index in [0.717, 1.165) is 51.6 Å². The molecule has 0 atom stereocenters. The molecule has 1 aliphatic carbocycles. The molecule has 20 heavy (non-hydrogen) atoms. The molecule has 0 aromatic carbocycles. The Morgan fingerprint density at radius 2 is 1.90 bits per heavy atom. The number of carbonyl (C=O) groups is 1. The first-order valence-corrected chi connectivity index (χ1v) is 7.62. The minimum atomic E-state index is -0.671. The van der Waals surface area contributed by atoms with Gasteiger partial charge in [-0.3, -0.25) is 0 Å². The van der Waals surface area contributed by atoms with Crippen molar-refractivity contribution < 1.29 is 10.0 Å². The SMILES string of the molecule is CC1CCC(NC(=O)N2CCCCC2)(C(N)=NO)CC1. The summed E-state index contributed by atoms with van der Waals surface area (Å²) in [5.74, 6) is 0.760. The first-order valence-electron chi connectivity index (χ1n) is 7.62. The summed E-state index contributed by atoms with van der Waals surface area (Å²) in [5.41, 5.74) is 5.20. The zero-order chi connectivity index (χ0) is 14.6. The number of carbonyl (C=O) groups excluding carboxylic acids is 1. The highest BCUT2D eigenvalue weighted by atomic mass is 16.4. The number of likely N-dealkylation sites (tertiary alicyclic amines) is 1. The number of nitrogens with zero attached hydrogens (tertiary/aromatic N) is 2. The van der Waals surface area contributed by atoms with Gasteiger partial charge in [0.15, 0.2) is 5.84 Å². The van der Waals surface area contributed by atoms with Gasteiger partial charge >= 0.3 is 6.03 Å². The minimum absolute atomic E-state index is 0.0779. The highest BCUT2D eigenvalue weighted by Gasteiger charge is 2.40. The summed E-state index contributed by atoms with van der Waals surface area (Å²) >= 11 is 0. The van der Waals surface area contributed by atoms with Crippen LogP contribution in [0.5, 0.6) is 0 Å². The monoisotopic (exact) mass is 282 g/mol. The van der Waals surface area contributed by atoms with Gasteiger partial charge in [-0.15, -0.1) is 0 Å². The second kappa shape index (κ2) is 6.33. The van der Waals surface area contributed by atoms with Gasteiger partial charge in [0, 0.05) is 13.1 Å². The van der Waals surface area contributed by atoms with E-state index in [4.69, 9.17) is 10.9 Å². The van der Waals surface area contributed by atoms with Gasteiger partial charge in [-0.25, -0.2) is 4.79 Å². The summed E-state index contributed by atoms with van der Waals surface area (Å²) in [5, 5.41) is 15.3. The summed E-state index contributed by atoms with van der Waals surface area (Å²) in [7, 11) is 0. The van der Waals surface area contributed by atoms with E-state index in [9.17, 15) is 4.79 Å². The van der Waals surface area contributed by atoms with Crippen LogP contribution in [0, 0.1) is 5.92 Å². The maximum absolute atomic E-state index is 12.4. The Balaban J connectivity index is 2.06. The van der Waals surface area contributed by atoms with Crippen LogP contribution < -0.4 is 11.1 Å². The van der Waals surface area contributed by atoms with Gasteiger partial charge in [0.1, 0.15) is 5.54 Å². The van der Waals surface area contributed by atoms with Crippen LogP contribution in [0.3, 0.4) is 0 Å². The van der Waals surface area contributed by atoms with Gasteiger partial charge in [-0.05, 0) is 50.9 Å². The molecule has 0 radical (unpaired) electrons. The van der Waals surface area contributed by atoms with E-state index in [2.05, 4.69) is 17.4 Å². The average Bonchev–Trinajstić information content (AvgIpc) is 2.49. The lowest BCUT2D eigenvalue weighted by Gasteiger charge is -2.40. The predicted molar refractivity (Wildman–Crippen MR) is 77.7 cm³/mol. The molecule has 1 aliphatic heterocycles. The number of nitrogens with two attached hydrogens (primary N) is 1. The van der Waals surface area contributed by atoms with Crippen molar-refractivity contribution >= 4 is 11.9 Å². The molecular formula is C14H26N4O2. The fourth-order valence-corrected chi connectivity index (χ4v) is 3.18. The first kappa shape index (κ1) is 14.9.